The van der Waals surface area contributed by atoms with Crippen molar-refractivity contribution < 1.29 is 24.2 Å². The first-order chi connectivity index (χ1) is 15.4. The third-order valence-corrected chi connectivity index (χ3v) is 6.07. The topological polar surface area (TPSA) is 105 Å². The Bertz CT molecular complexity index is 1020. The fraction of sp³-hybridized carbons (Fsp3) is 0.320. The average molecular weight is 434 g/mol. The van der Waals surface area contributed by atoms with Crippen LogP contribution in [-0.4, -0.2) is 41.8 Å². The summed E-state index contributed by atoms with van der Waals surface area (Å²) < 4.78 is 5.57. The van der Waals surface area contributed by atoms with Crippen LogP contribution in [-0.2, 0) is 14.3 Å². The second-order valence-electron chi connectivity index (χ2n) is 8.24. The SMILES string of the molecule is C[C@H](NC(=O)[C@@H]1CC=C[C@@H](NC(=O)OCC2c3ccccc3-c3ccccc32)C1)C(=O)O. The van der Waals surface area contributed by atoms with E-state index in [1.54, 1.807) is 0 Å². The molecule has 2 aliphatic carbocycles. The Morgan fingerprint density at radius 2 is 1.69 bits per heavy atom. The molecule has 0 saturated carbocycles. The molecule has 2 aromatic rings. The molecule has 0 bridgehead atoms. The number of amides is 2. The van der Waals surface area contributed by atoms with Crippen molar-refractivity contribution in [1.82, 2.24) is 10.6 Å². The van der Waals surface area contributed by atoms with Crippen LogP contribution in [0.2, 0.25) is 0 Å². The first-order valence-electron chi connectivity index (χ1n) is 10.8. The first-order valence-corrected chi connectivity index (χ1v) is 10.8. The molecule has 4 rings (SSSR count). The highest BCUT2D eigenvalue weighted by molar-refractivity contribution is 5.85. The molecule has 0 aromatic heterocycles. The van der Waals surface area contributed by atoms with Gasteiger partial charge in [0.25, 0.3) is 0 Å². The summed E-state index contributed by atoms with van der Waals surface area (Å²) in [5.41, 5.74) is 4.61. The number of benzene rings is 2. The van der Waals surface area contributed by atoms with Crippen LogP contribution in [0.25, 0.3) is 11.1 Å². The van der Waals surface area contributed by atoms with Crippen molar-refractivity contribution in [2.45, 2.75) is 37.8 Å². The zero-order chi connectivity index (χ0) is 22.7. The van der Waals surface area contributed by atoms with E-state index in [9.17, 15) is 14.4 Å². The minimum atomic E-state index is -1.09. The van der Waals surface area contributed by atoms with E-state index in [1.165, 1.54) is 6.92 Å². The van der Waals surface area contributed by atoms with Crippen molar-refractivity contribution in [3.63, 3.8) is 0 Å². The van der Waals surface area contributed by atoms with E-state index in [-0.39, 0.29) is 24.5 Å². The molecule has 166 valence electrons. The number of carboxylic acid groups (broad SMARTS) is 1. The molecule has 3 N–H and O–H groups in total. The summed E-state index contributed by atoms with van der Waals surface area (Å²) >= 11 is 0. The number of aliphatic carboxylic acids is 1. The molecule has 2 aromatic carbocycles. The largest absolute Gasteiger partial charge is 0.480 e. The van der Waals surface area contributed by atoms with Crippen LogP contribution in [0.1, 0.15) is 36.8 Å². The second-order valence-corrected chi connectivity index (χ2v) is 8.24. The van der Waals surface area contributed by atoms with Gasteiger partial charge in [0.05, 0.1) is 6.04 Å². The van der Waals surface area contributed by atoms with Gasteiger partial charge in [0.15, 0.2) is 0 Å². The van der Waals surface area contributed by atoms with Gasteiger partial charge in [0.2, 0.25) is 5.91 Å². The van der Waals surface area contributed by atoms with Gasteiger partial charge in [-0.1, -0.05) is 60.7 Å². The van der Waals surface area contributed by atoms with Crippen molar-refractivity contribution in [2.75, 3.05) is 6.61 Å². The number of nitrogens with one attached hydrogen (secondary N) is 2. The Balaban J connectivity index is 1.34. The summed E-state index contributed by atoms with van der Waals surface area (Å²) in [7, 11) is 0. The summed E-state index contributed by atoms with van der Waals surface area (Å²) in [6.45, 7) is 1.64. The van der Waals surface area contributed by atoms with Crippen LogP contribution in [0.4, 0.5) is 4.79 Å². The Morgan fingerprint density at radius 3 is 2.31 bits per heavy atom. The lowest BCUT2D eigenvalue weighted by molar-refractivity contribution is -0.142. The van der Waals surface area contributed by atoms with E-state index in [1.807, 2.05) is 36.4 Å². The van der Waals surface area contributed by atoms with Gasteiger partial charge in [-0.3, -0.25) is 9.59 Å². The monoisotopic (exact) mass is 434 g/mol. The number of hydrogen-bond acceptors (Lipinski definition) is 4. The number of fused-ring (bicyclic) bond motifs is 3. The quantitative estimate of drug-likeness (QED) is 0.604. The summed E-state index contributed by atoms with van der Waals surface area (Å²) in [6.07, 6.45) is 4.01. The molecule has 7 heteroatoms. The Kier molecular flexibility index (Phi) is 6.25. The summed E-state index contributed by atoms with van der Waals surface area (Å²) in [6, 6.07) is 15.0. The fourth-order valence-corrected chi connectivity index (χ4v) is 4.39. The van der Waals surface area contributed by atoms with Gasteiger partial charge in [0, 0.05) is 11.8 Å². The lowest BCUT2D eigenvalue weighted by Crippen LogP contribution is -2.45. The molecule has 32 heavy (non-hydrogen) atoms. The summed E-state index contributed by atoms with van der Waals surface area (Å²) in [5, 5.41) is 14.3. The smallest absolute Gasteiger partial charge is 0.407 e. The fourth-order valence-electron chi connectivity index (χ4n) is 4.39. The number of carbonyl (C=O) groups is 3. The number of alkyl carbamates (subject to hydrolysis) is 1. The van der Waals surface area contributed by atoms with Gasteiger partial charge in [-0.05, 0) is 42.0 Å². The second kappa shape index (κ2) is 9.26. The van der Waals surface area contributed by atoms with Gasteiger partial charge in [0.1, 0.15) is 12.6 Å². The molecule has 0 radical (unpaired) electrons. The minimum Gasteiger partial charge on any atom is -0.480 e. The predicted molar refractivity (Wildman–Crippen MR) is 119 cm³/mol. The van der Waals surface area contributed by atoms with Gasteiger partial charge < -0.3 is 20.5 Å². The number of carbonyl (C=O) groups excluding carboxylic acids is 2. The van der Waals surface area contributed by atoms with E-state index >= 15 is 0 Å². The maximum atomic E-state index is 12.5. The molecular formula is C25H26N2O5. The Labute approximate surface area is 186 Å². The van der Waals surface area contributed by atoms with Gasteiger partial charge in [-0.2, -0.15) is 0 Å². The van der Waals surface area contributed by atoms with Crippen LogP contribution >= 0.6 is 0 Å². The van der Waals surface area contributed by atoms with Crippen molar-refractivity contribution in [3.8, 4) is 11.1 Å². The van der Waals surface area contributed by atoms with E-state index in [2.05, 4.69) is 34.9 Å². The zero-order valence-electron chi connectivity index (χ0n) is 17.8. The number of carboxylic acids is 1. The van der Waals surface area contributed by atoms with Crippen LogP contribution in [0.5, 0.6) is 0 Å². The molecule has 2 aliphatic rings. The molecule has 0 unspecified atom stereocenters. The highest BCUT2D eigenvalue weighted by atomic mass is 16.5. The molecule has 0 heterocycles. The maximum Gasteiger partial charge on any atom is 0.407 e. The number of rotatable bonds is 6. The molecule has 7 nitrogen and oxygen atoms in total. The molecule has 0 fully saturated rings. The summed E-state index contributed by atoms with van der Waals surface area (Å²) in [4.78, 5) is 35.8. The maximum absolute atomic E-state index is 12.5. The number of allylic oxidation sites excluding steroid dienone is 1. The van der Waals surface area contributed by atoms with Crippen LogP contribution in [0.15, 0.2) is 60.7 Å². The lowest BCUT2D eigenvalue weighted by Gasteiger charge is -2.25. The van der Waals surface area contributed by atoms with Gasteiger partial charge >= 0.3 is 12.1 Å². The standard InChI is InChI=1S/C25H26N2O5/c1-15(24(29)30)26-23(28)16-7-6-8-17(13-16)27-25(31)32-14-22-20-11-4-2-9-18(20)19-10-3-5-12-21(19)22/h2-6,8-12,15-17,22H,7,13-14H2,1H3,(H,26,28)(H,27,31)(H,29,30)/t15-,16+,17+/m0/s1. The van der Waals surface area contributed by atoms with Crippen LogP contribution in [0.3, 0.4) is 0 Å². The predicted octanol–water partition coefficient (Wildman–Crippen LogP) is 3.45. The normalized spacial score (nSPS) is 20.0. The molecule has 0 spiro atoms. The van der Waals surface area contributed by atoms with Gasteiger partial charge in [-0.25, -0.2) is 4.79 Å². The van der Waals surface area contributed by atoms with E-state index in [0.717, 1.165) is 22.3 Å². The molecular weight excluding hydrogens is 408 g/mol. The molecule has 0 saturated heterocycles. The Hall–Kier alpha value is -3.61. The Morgan fingerprint density at radius 1 is 1.06 bits per heavy atom. The van der Waals surface area contributed by atoms with Crippen molar-refractivity contribution in [3.05, 3.63) is 71.8 Å². The highest BCUT2D eigenvalue weighted by Gasteiger charge is 2.30. The van der Waals surface area contributed by atoms with E-state index in [4.69, 9.17) is 9.84 Å². The third kappa shape index (κ3) is 4.51. The van der Waals surface area contributed by atoms with E-state index in [0.29, 0.717) is 12.8 Å². The molecule has 0 aliphatic heterocycles. The lowest BCUT2D eigenvalue weighted by atomic mass is 9.90. The van der Waals surface area contributed by atoms with Gasteiger partial charge in [-0.15, -0.1) is 0 Å². The van der Waals surface area contributed by atoms with Crippen molar-refractivity contribution in [2.24, 2.45) is 5.92 Å². The summed E-state index contributed by atoms with van der Waals surface area (Å²) in [5.74, 6) is -1.84. The van der Waals surface area contributed by atoms with Crippen LogP contribution in [0, 0.1) is 5.92 Å². The average Bonchev–Trinajstić information content (AvgIpc) is 3.11. The van der Waals surface area contributed by atoms with Crippen molar-refractivity contribution in [1.29, 1.82) is 0 Å². The molecule has 2 amide bonds. The minimum absolute atomic E-state index is 0.0221. The number of hydrogen-bond donors (Lipinski definition) is 3. The molecule has 3 atom stereocenters. The first kappa shape index (κ1) is 21.6. The van der Waals surface area contributed by atoms with Crippen molar-refractivity contribution >= 4 is 18.0 Å². The highest BCUT2D eigenvalue weighted by Crippen LogP contribution is 2.44. The third-order valence-electron chi connectivity index (χ3n) is 6.07. The zero-order valence-corrected chi connectivity index (χ0v) is 17.8. The van der Waals surface area contributed by atoms with E-state index < -0.39 is 24.0 Å². The van der Waals surface area contributed by atoms with Crippen LogP contribution < -0.4 is 10.6 Å². The number of ether oxygens (including phenoxy) is 1.